The number of carbonyl (C=O) groups excluding carboxylic acids is 1. The van der Waals surface area contributed by atoms with Gasteiger partial charge in [0.25, 0.3) is 0 Å². The Morgan fingerprint density at radius 3 is 2.38 bits per heavy atom. The predicted molar refractivity (Wildman–Crippen MR) is 53.6 cm³/mol. The van der Waals surface area contributed by atoms with Gasteiger partial charge in [-0.3, -0.25) is 10.0 Å². The zero-order valence-corrected chi connectivity index (χ0v) is 11.0. The molecule has 0 heterocycles. The number of amides is 1. The van der Waals surface area contributed by atoms with Gasteiger partial charge in [-0.05, 0) is 12.3 Å². The van der Waals surface area contributed by atoms with Gasteiger partial charge in [-0.25, -0.2) is 5.48 Å². The van der Waals surface area contributed by atoms with Crippen molar-refractivity contribution >= 4 is 35.5 Å². The molecule has 1 radical (unpaired) electrons. The van der Waals surface area contributed by atoms with Crippen molar-refractivity contribution in [3.63, 3.8) is 0 Å². The summed E-state index contributed by atoms with van der Waals surface area (Å²) in [5.41, 5.74) is 1.63. The van der Waals surface area contributed by atoms with Gasteiger partial charge in [0.05, 0.1) is 0 Å². The van der Waals surface area contributed by atoms with E-state index < -0.39 is 0 Å². The zero-order valence-electron chi connectivity index (χ0n) is 8.97. The van der Waals surface area contributed by atoms with E-state index in [1.807, 2.05) is 0 Å². The van der Waals surface area contributed by atoms with Crippen LogP contribution in [0.1, 0.15) is 46.0 Å². The van der Waals surface area contributed by atoms with Gasteiger partial charge >= 0.3 is 0 Å². The summed E-state index contributed by atoms with van der Waals surface area (Å²) in [6.07, 6.45) is 4.79. The summed E-state index contributed by atoms with van der Waals surface area (Å²) in [7, 11) is 0. The van der Waals surface area contributed by atoms with Crippen LogP contribution < -0.4 is 5.48 Å². The molecule has 0 unspecified atom stereocenters. The number of hydrogen-bond acceptors (Lipinski definition) is 2. The molecule has 13 heavy (non-hydrogen) atoms. The topological polar surface area (TPSA) is 49.3 Å². The maximum absolute atomic E-state index is 10.5. The Morgan fingerprint density at radius 1 is 1.31 bits per heavy atom. The molecule has 0 aliphatic heterocycles. The first kappa shape index (κ1) is 15.9. The average Bonchev–Trinajstić information content (AvgIpc) is 2.03. The number of nitrogens with one attached hydrogen (secondary N) is 1. The van der Waals surface area contributed by atoms with Crippen LogP contribution in [0.3, 0.4) is 0 Å². The second-order valence-corrected chi connectivity index (χ2v) is 3.53. The molecule has 0 rings (SSSR count). The third-order valence-electron chi connectivity index (χ3n) is 1.81. The molecule has 0 saturated carbocycles. The number of hydrogen-bond donors (Lipinski definition) is 2. The van der Waals surface area contributed by atoms with E-state index >= 15 is 0 Å². The maximum atomic E-state index is 10.5. The molecule has 0 aliphatic carbocycles. The third kappa shape index (κ3) is 12.4. The van der Waals surface area contributed by atoms with Crippen molar-refractivity contribution in [3.05, 3.63) is 0 Å². The van der Waals surface area contributed by atoms with Gasteiger partial charge in [-0.15, -0.1) is 0 Å². The van der Waals surface area contributed by atoms with Gasteiger partial charge in [-0.2, -0.15) is 0 Å². The molecular formula is C9H19NNaO2. The zero-order chi connectivity index (χ0) is 9.40. The van der Waals surface area contributed by atoms with E-state index in [2.05, 4.69) is 13.8 Å². The van der Waals surface area contributed by atoms with E-state index in [4.69, 9.17) is 5.21 Å². The summed E-state index contributed by atoms with van der Waals surface area (Å²) in [4.78, 5) is 10.5. The first-order valence-electron chi connectivity index (χ1n) is 4.59. The molecule has 73 valence electrons. The number of hydroxylamine groups is 1. The van der Waals surface area contributed by atoms with Gasteiger partial charge < -0.3 is 0 Å². The van der Waals surface area contributed by atoms with Crippen molar-refractivity contribution in [2.45, 2.75) is 46.0 Å². The van der Waals surface area contributed by atoms with Crippen LogP contribution in [0, 0.1) is 5.92 Å². The first-order chi connectivity index (χ1) is 5.66. The van der Waals surface area contributed by atoms with Crippen LogP contribution in [0.15, 0.2) is 0 Å². The Labute approximate surface area is 103 Å². The molecule has 1 amide bonds. The number of unbranched alkanes of at least 4 members (excludes halogenated alkanes) is 2. The Morgan fingerprint density at radius 2 is 1.92 bits per heavy atom. The summed E-state index contributed by atoms with van der Waals surface area (Å²) in [5.74, 6) is 0.469. The minimum absolute atomic E-state index is 0. The van der Waals surface area contributed by atoms with Gasteiger partial charge in [0.2, 0.25) is 5.91 Å². The molecule has 4 heteroatoms. The summed E-state index contributed by atoms with van der Waals surface area (Å²) < 4.78 is 0. The van der Waals surface area contributed by atoms with Crippen LogP contribution in [0.2, 0.25) is 0 Å². The Hall–Kier alpha value is 0.430. The molecule has 0 fully saturated rings. The summed E-state index contributed by atoms with van der Waals surface area (Å²) >= 11 is 0. The molecular weight excluding hydrogens is 177 g/mol. The summed E-state index contributed by atoms with van der Waals surface area (Å²) in [6.45, 7) is 4.39. The van der Waals surface area contributed by atoms with Gasteiger partial charge in [-0.1, -0.05) is 33.1 Å². The summed E-state index contributed by atoms with van der Waals surface area (Å²) in [5, 5.41) is 8.18. The van der Waals surface area contributed by atoms with E-state index in [0.29, 0.717) is 6.42 Å². The second-order valence-electron chi connectivity index (χ2n) is 3.53. The Bertz CT molecular complexity index is 129. The fourth-order valence-corrected chi connectivity index (χ4v) is 1.07. The Balaban J connectivity index is 0. The van der Waals surface area contributed by atoms with Crippen molar-refractivity contribution in [2.24, 2.45) is 5.92 Å². The molecule has 0 aromatic carbocycles. The molecule has 0 aromatic rings. The standard InChI is InChI=1S/C9H19NO2.Na/c1-8(2)6-4-3-5-7-9(11)10-12;/h8,12H,3-7H2,1-2H3,(H,10,11);. The first-order valence-corrected chi connectivity index (χ1v) is 4.59. The van der Waals surface area contributed by atoms with E-state index in [0.717, 1.165) is 18.8 Å². The number of carbonyl (C=O) groups is 1. The van der Waals surface area contributed by atoms with Crippen LogP contribution >= 0.6 is 0 Å². The van der Waals surface area contributed by atoms with Crippen LogP contribution in [0.25, 0.3) is 0 Å². The third-order valence-corrected chi connectivity index (χ3v) is 1.81. The van der Waals surface area contributed by atoms with Crippen LogP contribution in [0.4, 0.5) is 0 Å². The fraction of sp³-hybridized carbons (Fsp3) is 0.889. The SMILES string of the molecule is CC(C)CCCCCC(=O)NO.[Na]. The van der Waals surface area contributed by atoms with E-state index in [1.165, 1.54) is 12.8 Å². The van der Waals surface area contributed by atoms with Crippen molar-refractivity contribution < 1.29 is 10.0 Å². The summed E-state index contributed by atoms with van der Waals surface area (Å²) in [6, 6.07) is 0. The maximum Gasteiger partial charge on any atom is 0.243 e. The molecule has 0 aromatic heterocycles. The van der Waals surface area contributed by atoms with Crippen LogP contribution in [-0.4, -0.2) is 40.7 Å². The fourth-order valence-electron chi connectivity index (χ4n) is 1.07. The quantitative estimate of drug-likeness (QED) is 0.294. The van der Waals surface area contributed by atoms with Crippen molar-refractivity contribution in [2.75, 3.05) is 0 Å². The molecule has 0 aliphatic rings. The monoisotopic (exact) mass is 196 g/mol. The van der Waals surface area contributed by atoms with Crippen molar-refractivity contribution in [3.8, 4) is 0 Å². The average molecular weight is 196 g/mol. The molecule has 2 N–H and O–H groups in total. The number of rotatable bonds is 6. The molecule has 3 nitrogen and oxygen atoms in total. The van der Waals surface area contributed by atoms with Gasteiger partial charge in [0, 0.05) is 36.0 Å². The van der Waals surface area contributed by atoms with Crippen molar-refractivity contribution in [1.82, 2.24) is 5.48 Å². The molecule has 0 bridgehead atoms. The van der Waals surface area contributed by atoms with Gasteiger partial charge in [0.15, 0.2) is 0 Å². The molecule has 0 spiro atoms. The van der Waals surface area contributed by atoms with Crippen LogP contribution in [-0.2, 0) is 4.79 Å². The minimum atomic E-state index is -0.278. The minimum Gasteiger partial charge on any atom is -0.289 e. The van der Waals surface area contributed by atoms with E-state index in [-0.39, 0.29) is 35.5 Å². The molecule has 0 atom stereocenters. The van der Waals surface area contributed by atoms with E-state index in [9.17, 15) is 4.79 Å². The second kappa shape index (κ2) is 10.5. The Kier molecular flexibility index (Phi) is 12.8. The smallest absolute Gasteiger partial charge is 0.243 e. The van der Waals surface area contributed by atoms with Crippen molar-refractivity contribution in [1.29, 1.82) is 0 Å². The van der Waals surface area contributed by atoms with E-state index in [1.54, 1.807) is 5.48 Å². The molecule has 0 saturated heterocycles. The van der Waals surface area contributed by atoms with Crippen LogP contribution in [0.5, 0.6) is 0 Å². The largest absolute Gasteiger partial charge is 0.289 e. The van der Waals surface area contributed by atoms with Gasteiger partial charge in [0.1, 0.15) is 0 Å². The predicted octanol–water partition coefficient (Wildman–Crippen LogP) is 1.72. The normalized spacial score (nSPS) is 9.54.